The van der Waals surface area contributed by atoms with Gasteiger partial charge in [-0.3, -0.25) is 9.59 Å². The number of oxazole rings is 1. The maximum absolute atomic E-state index is 12.2. The first-order valence-electron chi connectivity index (χ1n) is 9.27. The molecule has 1 saturated heterocycles. The Hall–Kier alpha value is -3.15. The Labute approximate surface area is 162 Å². The molecule has 1 atom stereocenters. The highest BCUT2D eigenvalue weighted by atomic mass is 16.4. The smallest absolute Gasteiger partial charge is 0.308 e. The second-order valence-corrected chi connectivity index (χ2v) is 8.24. The Balaban J connectivity index is 1.64. The van der Waals surface area contributed by atoms with E-state index >= 15 is 0 Å². The lowest BCUT2D eigenvalue weighted by Gasteiger charge is -2.18. The third kappa shape index (κ3) is 3.26. The zero-order valence-corrected chi connectivity index (χ0v) is 16.1. The molecule has 6 heteroatoms. The lowest BCUT2D eigenvalue weighted by Crippen LogP contribution is -2.25. The van der Waals surface area contributed by atoms with Gasteiger partial charge in [0.1, 0.15) is 5.52 Å². The molecule has 0 radical (unpaired) electrons. The Morgan fingerprint density at radius 2 is 1.89 bits per heavy atom. The number of carbonyl (C=O) groups is 2. The van der Waals surface area contributed by atoms with Gasteiger partial charge in [0.25, 0.3) is 0 Å². The number of fused-ring (bicyclic) bond motifs is 1. The molecule has 0 spiro atoms. The summed E-state index contributed by atoms with van der Waals surface area (Å²) in [6, 6.07) is 13.5. The summed E-state index contributed by atoms with van der Waals surface area (Å²) in [6.45, 7) is 6.67. The minimum absolute atomic E-state index is 0.0230. The summed E-state index contributed by atoms with van der Waals surface area (Å²) < 4.78 is 5.92. The number of carboxylic acids is 1. The topological polar surface area (TPSA) is 83.6 Å². The lowest BCUT2D eigenvalue weighted by molar-refractivity contribution is -0.141. The van der Waals surface area contributed by atoms with Gasteiger partial charge in [0, 0.05) is 30.3 Å². The molecular weight excluding hydrogens is 356 g/mol. The number of rotatable bonds is 3. The molecule has 1 aromatic heterocycles. The molecule has 6 nitrogen and oxygen atoms in total. The first-order chi connectivity index (χ1) is 13.2. The van der Waals surface area contributed by atoms with E-state index < -0.39 is 11.9 Å². The van der Waals surface area contributed by atoms with E-state index in [1.165, 1.54) is 10.5 Å². The van der Waals surface area contributed by atoms with Crippen molar-refractivity contribution in [3.8, 4) is 11.5 Å². The lowest BCUT2D eigenvalue weighted by atomic mass is 9.87. The van der Waals surface area contributed by atoms with Crippen molar-refractivity contribution in [2.24, 2.45) is 5.92 Å². The highest BCUT2D eigenvalue weighted by Crippen LogP contribution is 2.31. The van der Waals surface area contributed by atoms with Crippen LogP contribution in [0.2, 0.25) is 0 Å². The molecule has 1 aliphatic rings. The van der Waals surface area contributed by atoms with Crippen molar-refractivity contribution >= 4 is 28.7 Å². The van der Waals surface area contributed by atoms with Crippen LogP contribution in [-0.4, -0.2) is 28.5 Å². The number of benzene rings is 2. The van der Waals surface area contributed by atoms with E-state index in [1.54, 1.807) is 18.2 Å². The standard InChI is InChI=1S/C22H22N2O4/c1-22(2,3)15-6-4-13(5-7-15)20-23-17-9-8-16(11-18(17)28-20)24-12-14(21(26)27)10-19(24)25/h4-9,11,14H,10,12H2,1-3H3,(H,26,27)/t14-/m1/s1. The molecule has 2 aromatic carbocycles. The minimum atomic E-state index is -0.947. The van der Waals surface area contributed by atoms with E-state index in [4.69, 9.17) is 9.52 Å². The summed E-state index contributed by atoms with van der Waals surface area (Å²) in [6.07, 6.45) is 0.0230. The van der Waals surface area contributed by atoms with E-state index in [0.717, 1.165) is 5.56 Å². The summed E-state index contributed by atoms with van der Waals surface area (Å²) >= 11 is 0. The third-order valence-electron chi connectivity index (χ3n) is 5.16. The molecular formula is C22H22N2O4. The first-order valence-corrected chi connectivity index (χ1v) is 9.27. The second-order valence-electron chi connectivity index (χ2n) is 8.24. The maximum Gasteiger partial charge on any atom is 0.308 e. The van der Waals surface area contributed by atoms with Gasteiger partial charge < -0.3 is 14.4 Å². The van der Waals surface area contributed by atoms with E-state index in [1.807, 2.05) is 12.1 Å². The van der Waals surface area contributed by atoms with Crippen LogP contribution in [0.25, 0.3) is 22.6 Å². The Bertz CT molecular complexity index is 1060. The number of hydrogen-bond donors (Lipinski definition) is 1. The van der Waals surface area contributed by atoms with Gasteiger partial charge in [0.2, 0.25) is 11.8 Å². The second kappa shape index (κ2) is 6.48. The zero-order chi connectivity index (χ0) is 20.1. The number of carbonyl (C=O) groups excluding carboxylic acids is 1. The minimum Gasteiger partial charge on any atom is -0.481 e. The van der Waals surface area contributed by atoms with Crippen LogP contribution in [-0.2, 0) is 15.0 Å². The number of hydrogen-bond acceptors (Lipinski definition) is 4. The predicted molar refractivity (Wildman–Crippen MR) is 106 cm³/mol. The molecule has 2 heterocycles. The maximum atomic E-state index is 12.2. The van der Waals surface area contributed by atoms with Crippen molar-refractivity contribution in [1.29, 1.82) is 0 Å². The molecule has 28 heavy (non-hydrogen) atoms. The quantitative estimate of drug-likeness (QED) is 0.737. The molecule has 1 fully saturated rings. The molecule has 144 valence electrons. The number of aliphatic carboxylic acids is 1. The summed E-state index contributed by atoms with van der Waals surface area (Å²) in [5.74, 6) is -1.29. The average molecular weight is 378 g/mol. The summed E-state index contributed by atoms with van der Waals surface area (Å²) in [7, 11) is 0. The van der Waals surface area contributed by atoms with Crippen molar-refractivity contribution in [3.05, 3.63) is 48.0 Å². The molecule has 3 aromatic rings. The fourth-order valence-electron chi connectivity index (χ4n) is 3.44. The summed E-state index contributed by atoms with van der Waals surface area (Å²) in [4.78, 5) is 29.4. The molecule has 0 saturated carbocycles. The van der Waals surface area contributed by atoms with Gasteiger partial charge in [0.05, 0.1) is 5.92 Å². The normalized spacial score (nSPS) is 17.5. The molecule has 1 amide bonds. The van der Waals surface area contributed by atoms with E-state index in [9.17, 15) is 9.59 Å². The summed E-state index contributed by atoms with van der Waals surface area (Å²) in [5, 5.41) is 9.16. The number of anilines is 1. The van der Waals surface area contributed by atoms with E-state index in [2.05, 4.69) is 37.9 Å². The predicted octanol–water partition coefficient (Wildman–Crippen LogP) is 4.23. The van der Waals surface area contributed by atoms with Crippen LogP contribution < -0.4 is 4.90 Å². The number of carboxylic acid groups (broad SMARTS) is 1. The highest BCUT2D eigenvalue weighted by Gasteiger charge is 2.35. The molecule has 4 rings (SSSR count). The van der Waals surface area contributed by atoms with Crippen LogP contribution in [0.1, 0.15) is 32.8 Å². The van der Waals surface area contributed by atoms with Crippen LogP contribution in [0, 0.1) is 5.92 Å². The monoisotopic (exact) mass is 378 g/mol. The average Bonchev–Trinajstić information content (AvgIpc) is 3.24. The largest absolute Gasteiger partial charge is 0.481 e. The van der Waals surface area contributed by atoms with Crippen LogP contribution in [0.3, 0.4) is 0 Å². The van der Waals surface area contributed by atoms with Gasteiger partial charge in [-0.15, -0.1) is 0 Å². The van der Waals surface area contributed by atoms with Gasteiger partial charge in [0.15, 0.2) is 5.58 Å². The molecule has 0 bridgehead atoms. The molecule has 0 aliphatic carbocycles. The SMILES string of the molecule is CC(C)(C)c1ccc(-c2nc3ccc(N4C[C@H](C(=O)O)CC4=O)cc3o2)cc1. The number of nitrogens with zero attached hydrogens (tertiary/aromatic N) is 2. The van der Waals surface area contributed by atoms with Crippen molar-refractivity contribution in [2.45, 2.75) is 32.6 Å². The van der Waals surface area contributed by atoms with Gasteiger partial charge >= 0.3 is 5.97 Å². The van der Waals surface area contributed by atoms with Crippen molar-refractivity contribution in [1.82, 2.24) is 4.98 Å². The number of aromatic nitrogens is 1. The zero-order valence-electron chi connectivity index (χ0n) is 16.1. The Morgan fingerprint density at radius 3 is 2.50 bits per heavy atom. The fourth-order valence-corrected chi connectivity index (χ4v) is 3.44. The fraction of sp³-hybridized carbons (Fsp3) is 0.318. The molecule has 1 aliphatic heterocycles. The Morgan fingerprint density at radius 1 is 1.18 bits per heavy atom. The molecule has 1 N–H and O–H groups in total. The third-order valence-corrected chi connectivity index (χ3v) is 5.16. The van der Waals surface area contributed by atoms with Gasteiger partial charge in [-0.2, -0.15) is 0 Å². The Kier molecular flexibility index (Phi) is 4.22. The van der Waals surface area contributed by atoms with Gasteiger partial charge in [-0.1, -0.05) is 32.9 Å². The van der Waals surface area contributed by atoms with Crippen LogP contribution in [0.4, 0.5) is 5.69 Å². The number of amides is 1. The van der Waals surface area contributed by atoms with Crippen LogP contribution >= 0.6 is 0 Å². The van der Waals surface area contributed by atoms with Gasteiger partial charge in [-0.05, 0) is 35.2 Å². The van der Waals surface area contributed by atoms with Crippen molar-refractivity contribution in [3.63, 3.8) is 0 Å². The summed E-state index contributed by atoms with van der Waals surface area (Å²) in [5.41, 5.74) is 4.08. The molecule has 0 unspecified atom stereocenters. The van der Waals surface area contributed by atoms with Crippen molar-refractivity contribution in [2.75, 3.05) is 11.4 Å². The van der Waals surface area contributed by atoms with Crippen LogP contribution in [0.5, 0.6) is 0 Å². The first kappa shape index (κ1) is 18.2. The van der Waals surface area contributed by atoms with E-state index in [-0.39, 0.29) is 24.3 Å². The van der Waals surface area contributed by atoms with E-state index in [0.29, 0.717) is 22.7 Å². The van der Waals surface area contributed by atoms with Crippen molar-refractivity contribution < 1.29 is 19.1 Å². The highest BCUT2D eigenvalue weighted by molar-refractivity contribution is 6.00. The van der Waals surface area contributed by atoms with Crippen LogP contribution in [0.15, 0.2) is 46.9 Å². The van der Waals surface area contributed by atoms with Gasteiger partial charge in [-0.25, -0.2) is 4.98 Å².